The average Bonchev–Trinajstić information content (AvgIpc) is 2.92. The molecule has 0 radical (unpaired) electrons. The minimum atomic E-state index is -0.463. The highest BCUT2D eigenvalue weighted by atomic mass is 35.5. The number of halogens is 1. The Morgan fingerprint density at radius 3 is 2.95 bits per heavy atom. The largest absolute Gasteiger partial charge is 0.392 e. The van der Waals surface area contributed by atoms with Crippen LogP contribution in [-0.4, -0.2) is 37.5 Å². The normalized spacial score (nSPS) is 12.5. The summed E-state index contributed by atoms with van der Waals surface area (Å²) >= 11 is 6.09. The number of aliphatic hydroxyl groups excluding tert-OH is 1. The number of nitrogens with one attached hydrogen (secondary N) is 1. The van der Waals surface area contributed by atoms with Crippen LogP contribution in [0.2, 0.25) is 5.02 Å². The topological polar surface area (TPSA) is 75.9 Å². The fourth-order valence-corrected chi connectivity index (χ4v) is 2.38. The maximum atomic E-state index is 9.39. The van der Waals surface area contributed by atoms with Gasteiger partial charge in [0.05, 0.1) is 23.4 Å². The van der Waals surface area contributed by atoms with Crippen LogP contribution in [0, 0.1) is 6.92 Å². The minimum absolute atomic E-state index is 0.410. The number of hydrogen-bond donors (Lipinski definition) is 2. The first kappa shape index (κ1) is 14.7. The van der Waals surface area contributed by atoms with Crippen LogP contribution in [0.15, 0.2) is 30.7 Å². The molecule has 0 spiro atoms. The van der Waals surface area contributed by atoms with E-state index in [0.29, 0.717) is 23.0 Å². The molecule has 0 unspecified atom stereocenters. The standard InChI is InChI=1S/C15H16ClN5O/c1-9-3-4-11(16)5-13(9)21-15-12(7-20-21)14(18-8-19-15)17-6-10(2)22/h3-5,7-8,10,22H,6H2,1-2H3,(H,17,18,19)/t10-/m0/s1. The summed E-state index contributed by atoms with van der Waals surface area (Å²) in [5, 5.41) is 18.3. The van der Waals surface area contributed by atoms with Crippen molar-refractivity contribution < 1.29 is 5.11 Å². The van der Waals surface area contributed by atoms with E-state index in [1.54, 1.807) is 17.8 Å². The third-order valence-corrected chi connectivity index (χ3v) is 3.57. The van der Waals surface area contributed by atoms with Gasteiger partial charge >= 0.3 is 0 Å². The number of anilines is 1. The molecule has 0 aliphatic rings. The van der Waals surface area contributed by atoms with Crippen LogP contribution in [0.25, 0.3) is 16.7 Å². The van der Waals surface area contributed by atoms with Gasteiger partial charge in [-0.05, 0) is 31.5 Å². The lowest BCUT2D eigenvalue weighted by Gasteiger charge is -2.09. The smallest absolute Gasteiger partial charge is 0.168 e. The zero-order valence-corrected chi connectivity index (χ0v) is 13.0. The molecule has 114 valence electrons. The van der Waals surface area contributed by atoms with Gasteiger partial charge in [-0.1, -0.05) is 17.7 Å². The van der Waals surface area contributed by atoms with E-state index < -0.39 is 6.10 Å². The van der Waals surface area contributed by atoms with Gasteiger partial charge in [0.2, 0.25) is 0 Å². The molecule has 0 saturated carbocycles. The van der Waals surface area contributed by atoms with Crippen LogP contribution in [0.4, 0.5) is 5.82 Å². The van der Waals surface area contributed by atoms with Crippen molar-refractivity contribution in [1.82, 2.24) is 19.7 Å². The third-order valence-electron chi connectivity index (χ3n) is 3.33. The molecule has 1 aromatic carbocycles. The summed E-state index contributed by atoms with van der Waals surface area (Å²) in [7, 11) is 0. The Balaban J connectivity index is 2.09. The van der Waals surface area contributed by atoms with E-state index in [0.717, 1.165) is 16.6 Å². The van der Waals surface area contributed by atoms with Crippen LogP contribution < -0.4 is 5.32 Å². The lowest BCUT2D eigenvalue weighted by atomic mass is 10.2. The van der Waals surface area contributed by atoms with Gasteiger partial charge in [-0.25, -0.2) is 14.6 Å². The predicted octanol–water partition coefficient (Wildman–Crippen LogP) is 2.57. The molecule has 2 aromatic heterocycles. The van der Waals surface area contributed by atoms with Crippen molar-refractivity contribution in [2.24, 2.45) is 0 Å². The van der Waals surface area contributed by atoms with Crippen LogP contribution in [0.3, 0.4) is 0 Å². The molecule has 22 heavy (non-hydrogen) atoms. The lowest BCUT2D eigenvalue weighted by molar-refractivity contribution is 0.208. The molecule has 0 amide bonds. The molecule has 2 N–H and O–H groups in total. The molecule has 3 aromatic rings. The summed E-state index contributed by atoms with van der Waals surface area (Å²) in [6.07, 6.45) is 2.72. The van der Waals surface area contributed by atoms with E-state index in [-0.39, 0.29) is 0 Å². The second kappa shape index (κ2) is 5.90. The number of hydrogen-bond acceptors (Lipinski definition) is 5. The van der Waals surface area contributed by atoms with Gasteiger partial charge in [0.1, 0.15) is 12.1 Å². The quantitative estimate of drug-likeness (QED) is 0.773. The van der Waals surface area contributed by atoms with Crippen molar-refractivity contribution >= 4 is 28.5 Å². The first-order chi connectivity index (χ1) is 10.6. The third kappa shape index (κ3) is 2.75. The van der Waals surface area contributed by atoms with Crippen LogP contribution in [0.1, 0.15) is 12.5 Å². The van der Waals surface area contributed by atoms with Gasteiger partial charge in [-0.3, -0.25) is 0 Å². The van der Waals surface area contributed by atoms with Gasteiger partial charge in [-0.15, -0.1) is 0 Å². The van der Waals surface area contributed by atoms with Crippen LogP contribution >= 0.6 is 11.6 Å². The summed E-state index contributed by atoms with van der Waals surface area (Å²) in [6.45, 7) is 4.12. The fraction of sp³-hybridized carbons (Fsp3) is 0.267. The minimum Gasteiger partial charge on any atom is -0.392 e. The molecule has 3 rings (SSSR count). The Kier molecular flexibility index (Phi) is 3.96. The fourth-order valence-electron chi connectivity index (χ4n) is 2.22. The Hall–Kier alpha value is -2.18. The molecule has 0 fully saturated rings. The van der Waals surface area contributed by atoms with Crippen molar-refractivity contribution in [3.8, 4) is 5.69 Å². The number of fused-ring (bicyclic) bond motifs is 1. The molecule has 0 saturated heterocycles. The van der Waals surface area contributed by atoms with Crippen molar-refractivity contribution in [2.45, 2.75) is 20.0 Å². The Morgan fingerprint density at radius 1 is 1.36 bits per heavy atom. The van der Waals surface area contributed by atoms with E-state index >= 15 is 0 Å². The maximum absolute atomic E-state index is 9.39. The van der Waals surface area contributed by atoms with Gasteiger partial charge in [0.25, 0.3) is 0 Å². The molecular weight excluding hydrogens is 302 g/mol. The van der Waals surface area contributed by atoms with Crippen molar-refractivity contribution in [3.05, 3.63) is 41.3 Å². The van der Waals surface area contributed by atoms with Crippen LogP contribution in [0.5, 0.6) is 0 Å². The molecule has 2 heterocycles. The Labute approximate surface area is 132 Å². The van der Waals surface area contributed by atoms with E-state index in [1.165, 1.54) is 6.33 Å². The number of benzene rings is 1. The number of nitrogens with zero attached hydrogens (tertiary/aromatic N) is 4. The lowest BCUT2D eigenvalue weighted by Crippen LogP contribution is -2.16. The zero-order chi connectivity index (χ0) is 15.7. The zero-order valence-electron chi connectivity index (χ0n) is 12.3. The Bertz CT molecular complexity index is 815. The maximum Gasteiger partial charge on any atom is 0.168 e. The molecular formula is C15H16ClN5O. The van der Waals surface area contributed by atoms with E-state index in [9.17, 15) is 5.11 Å². The van der Waals surface area contributed by atoms with Crippen molar-refractivity contribution in [2.75, 3.05) is 11.9 Å². The van der Waals surface area contributed by atoms with Crippen molar-refractivity contribution in [3.63, 3.8) is 0 Å². The average molecular weight is 318 g/mol. The predicted molar refractivity (Wildman–Crippen MR) is 86.6 cm³/mol. The second-order valence-corrected chi connectivity index (χ2v) is 5.61. The SMILES string of the molecule is Cc1ccc(Cl)cc1-n1ncc2c(NC[C@H](C)O)ncnc21. The Morgan fingerprint density at radius 2 is 2.18 bits per heavy atom. The number of aryl methyl sites for hydroxylation is 1. The first-order valence-corrected chi connectivity index (χ1v) is 7.31. The molecule has 0 bridgehead atoms. The van der Waals surface area contributed by atoms with Gasteiger partial charge in [-0.2, -0.15) is 5.10 Å². The number of rotatable bonds is 4. The monoisotopic (exact) mass is 317 g/mol. The molecule has 7 heteroatoms. The van der Waals surface area contributed by atoms with Gasteiger partial charge in [0, 0.05) is 11.6 Å². The van der Waals surface area contributed by atoms with Gasteiger partial charge < -0.3 is 10.4 Å². The summed E-state index contributed by atoms with van der Waals surface area (Å²) in [4.78, 5) is 8.53. The van der Waals surface area contributed by atoms with Gasteiger partial charge in [0.15, 0.2) is 5.65 Å². The highest BCUT2D eigenvalue weighted by Crippen LogP contribution is 2.25. The molecule has 0 aliphatic carbocycles. The first-order valence-electron chi connectivity index (χ1n) is 6.93. The summed E-state index contributed by atoms with van der Waals surface area (Å²) in [6, 6.07) is 5.64. The number of aromatic nitrogens is 4. The summed E-state index contributed by atoms with van der Waals surface area (Å²) in [5.41, 5.74) is 2.61. The number of aliphatic hydroxyl groups is 1. The van der Waals surface area contributed by atoms with E-state index in [1.807, 2.05) is 25.1 Å². The van der Waals surface area contributed by atoms with E-state index in [2.05, 4.69) is 20.4 Å². The second-order valence-electron chi connectivity index (χ2n) is 5.18. The van der Waals surface area contributed by atoms with E-state index in [4.69, 9.17) is 11.6 Å². The van der Waals surface area contributed by atoms with Crippen LogP contribution in [-0.2, 0) is 0 Å². The molecule has 0 aliphatic heterocycles. The summed E-state index contributed by atoms with van der Waals surface area (Å²) < 4.78 is 1.74. The highest BCUT2D eigenvalue weighted by Gasteiger charge is 2.13. The molecule has 6 nitrogen and oxygen atoms in total. The highest BCUT2D eigenvalue weighted by molar-refractivity contribution is 6.30. The molecule has 1 atom stereocenters. The summed E-state index contributed by atoms with van der Waals surface area (Å²) in [5.74, 6) is 0.650. The van der Waals surface area contributed by atoms with Crippen molar-refractivity contribution in [1.29, 1.82) is 0 Å².